The van der Waals surface area contributed by atoms with Crippen LogP contribution in [0.25, 0.3) is 0 Å². The highest BCUT2D eigenvalue weighted by molar-refractivity contribution is 5.84. The van der Waals surface area contributed by atoms with Crippen LogP contribution in [0.15, 0.2) is 0 Å². The Morgan fingerprint density at radius 1 is 1.26 bits per heavy atom. The lowest BCUT2D eigenvalue weighted by Crippen LogP contribution is -2.52. The van der Waals surface area contributed by atoms with Gasteiger partial charge in [0.1, 0.15) is 13.1 Å². The number of carboxylic acids is 2. The fraction of sp³-hybridized carbons (Fsp3) is 0.727. The molecule has 0 aromatic carbocycles. The highest BCUT2D eigenvalue weighted by atomic mass is 16.4. The number of aliphatic carboxylic acids is 2. The van der Waals surface area contributed by atoms with Crippen LogP contribution in [0.3, 0.4) is 0 Å². The second-order valence-electron chi connectivity index (χ2n) is 4.69. The molecule has 3 N–H and O–H groups in total. The summed E-state index contributed by atoms with van der Waals surface area (Å²) in [6.45, 7) is 0.390. The van der Waals surface area contributed by atoms with Crippen molar-refractivity contribution in [2.45, 2.75) is 18.9 Å². The number of nitrogens with zero attached hydrogens (tertiary/aromatic N) is 2. The zero-order valence-electron chi connectivity index (χ0n) is 10.8. The molecule has 1 saturated heterocycles. The number of amides is 2. The number of rotatable bonds is 5. The predicted molar refractivity (Wildman–Crippen MR) is 65.9 cm³/mol. The molecule has 0 spiro atoms. The maximum Gasteiger partial charge on any atom is 0.323 e. The number of nitrogens with one attached hydrogen (secondary N) is 1. The molecule has 1 rings (SSSR count). The van der Waals surface area contributed by atoms with Crippen LogP contribution < -0.4 is 5.32 Å². The van der Waals surface area contributed by atoms with Crippen molar-refractivity contribution in [3.05, 3.63) is 0 Å². The van der Waals surface area contributed by atoms with Crippen molar-refractivity contribution in [2.75, 3.05) is 33.2 Å². The lowest BCUT2D eigenvalue weighted by atomic mass is 10.1. The van der Waals surface area contributed by atoms with Crippen molar-refractivity contribution in [1.29, 1.82) is 0 Å². The predicted octanol–water partition coefficient (Wildman–Crippen LogP) is -0.739. The van der Waals surface area contributed by atoms with E-state index < -0.39 is 31.1 Å². The number of likely N-dealkylation sites (tertiary alicyclic amines) is 1. The van der Waals surface area contributed by atoms with Gasteiger partial charge in [-0.2, -0.15) is 0 Å². The molecule has 0 aromatic heterocycles. The number of likely N-dealkylation sites (N-methyl/N-ethyl adjacent to an activating group) is 1. The Labute approximate surface area is 111 Å². The topological polar surface area (TPSA) is 110 Å². The van der Waals surface area contributed by atoms with E-state index in [0.29, 0.717) is 6.54 Å². The smallest absolute Gasteiger partial charge is 0.323 e. The minimum Gasteiger partial charge on any atom is -0.480 e. The van der Waals surface area contributed by atoms with Gasteiger partial charge in [-0.15, -0.1) is 0 Å². The van der Waals surface area contributed by atoms with Crippen LogP contribution in [-0.4, -0.2) is 77.3 Å². The lowest BCUT2D eigenvalue weighted by Gasteiger charge is -2.31. The summed E-state index contributed by atoms with van der Waals surface area (Å²) in [5.41, 5.74) is 0. The van der Waals surface area contributed by atoms with Crippen molar-refractivity contribution in [2.24, 2.45) is 0 Å². The average molecular weight is 273 g/mol. The van der Waals surface area contributed by atoms with Gasteiger partial charge in [0, 0.05) is 12.6 Å². The van der Waals surface area contributed by atoms with E-state index in [4.69, 9.17) is 10.2 Å². The monoisotopic (exact) mass is 273 g/mol. The molecule has 0 bridgehead atoms. The summed E-state index contributed by atoms with van der Waals surface area (Å²) >= 11 is 0. The Morgan fingerprint density at radius 3 is 2.32 bits per heavy atom. The molecule has 1 fully saturated rings. The molecule has 1 aliphatic rings. The first-order valence-electron chi connectivity index (χ1n) is 6.06. The molecule has 0 radical (unpaired) electrons. The van der Waals surface area contributed by atoms with Gasteiger partial charge in [0.2, 0.25) is 0 Å². The maximum atomic E-state index is 11.9. The van der Waals surface area contributed by atoms with Crippen molar-refractivity contribution >= 4 is 18.0 Å². The quantitative estimate of drug-likeness (QED) is 0.608. The Bertz CT molecular complexity index is 344. The zero-order chi connectivity index (χ0) is 14.4. The van der Waals surface area contributed by atoms with Crippen LogP contribution in [0.5, 0.6) is 0 Å². The molecule has 1 atom stereocenters. The van der Waals surface area contributed by atoms with Gasteiger partial charge in [-0.05, 0) is 26.4 Å². The molecule has 108 valence electrons. The van der Waals surface area contributed by atoms with E-state index in [1.807, 2.05) is 7.05 Å². The van der Waals surface area contributed by atoms with E-state index in [9.17, 15) is 14.4 Å². The summed E-state index contributed by atoms with van der Waals surface area (Å²) < 4.78 is 0. The first kappa shape index (κ1) is 15.2. The Kier molecular flexibility index (Phi) is 5.56. The third kappa shape index (κ3) is 5.56. The fourth-order valence-corrected chi connectivity index (χ4v) is 2.08. The average Bonchev–Trinajstić information content (AvgIpc) is 2.26. The first-order valence-corrected chi connectivity index (χ1v) is 6.06. The molecule has 8 nitrogen and oxygen atoms in total. The minimum absolute atomic E-state index is 0.0728. The molecular weight excluding hydrogens is 254 g/mol. The van der Waals surface area contributed by atoms with Crippen LogP contribution in [0.4, 0.5) is 4.79 Å². The summed E-state index contributed by atoms with van der Waals surface area (Å²) in [7, 11) is 1.94. The number of hydrogen-bond donors (Lipinski definition) is 3. The molecule has 0 aliphatic carbocycles. The first-order chi connectivity index (χ1) is 8.88. The third-order valence-corrected chi connectivity index (χ3v) is 2.89. The van der Waals surface area contributed by atoms with Gasteiger partial charge in [0.25, 0.3) is 0 Å². The van der Waals surface area contributed by atoms with Gasteiger partial charge in [-0.1, -0.05) is 0 Å². The second kappa shape index (κ2) is 6.93. The zero-order valence-corrected chi connectivity index (χ0v) is 10.8. The standard InChI is InChI=1S/C11H19N3O5/c1-13-4-2-3-8(5-13)12-11(19)14(6-9(15)16)7-10(17)18/h8H,2-7H2,1H3,(H,12,19)(H,15,16)(H,17,18). The summed E-state index contributed by atoms with van der Waals surface area (Å²) in [4.78, 5) is 35.9. The molecule has 1 unspecified atom stereocenters. The molecule has 1 aliphatic heterocycles. The van der Waals surface area contributed by atoms with E-state index in [1.54, 1.807) is 0 Å². The van der Waals surface area contributed by atoms with E-state index in [1.165, 1.54) is 0 Å². The van der Waals surface area contributed by atoms with E-state index in [0.717, 1.165) is 24.3 Å². The summed E-state index contributed by atoms with van der Waals surface area (Å²) in [6, 6.07) is -0.721. The van der Waals surface area contributed by atoms with Gasteiger partial charge in [-0.25, -0.2) is 4.79 Å². The number of piperidine rings is 1. The lowest BCUT2D eigenvalue weighted by molar-refractivity contribution is -0.140. The third-order valence-electron chi connectivity index (χ3n) is 2.89. The number of carbonyl (C=O) groups is 3. The van der Waals surface area contributed by atoms with Gasteiger partial charge in [-0.3, -0.25) is 9.59 Å². The number of carbonyl (C=O) groups excluding carboxylic acids is 1. The maximum absolute atomic E-state index is 11.9. The summed E-state index contributed by atoms with van der Waals surface area (Å²) in [6.07, 6.45) is 1.75. The number of carboxylic acid groups (broad SMARTS) is 2. The Balaban J connectivity index is 2.55. The van der Waals surface area contributed by atoms with Crippen LogP contribution in [0.2, 0.25) is 0 Å². The van der Waals surface area contributed by atoms with E-state index in [-0.39, 0.29) is 6.04 Å². The second-order valence-corrected chi connectivity index (χ2v) is 4.69. The van der Waals surface area contributed by atoms with Crippen molar-refractivity contribution in [3.8, 4) is 0 Å². The van der Waals surface area contributed by atoms with Crippen molar-refractivity contribution in [3.63, 3.8) is 0 Å². The molecule has 0 saturated carbocycles. The molecule has 0 aromatic rings. The molecular formula is C11H19N3O5. The van der Waals surface area contributed by atoms with Crippen molar-refractivity contribution < 1.29 is 24.6 Å². The van der Waals surface area contributed by atoms with Crippen LogP contribution >= 0.6 is 0 Å². The Morgan fingerprint density at radius 2 is 1.84 bits per heavy atom. The number of hydrogen-bond acceptors (Lipinski definition) is 4. The SMILES string of the molecule is CN1CCCC(NC(=O)N(CC(=O)O)CC(=O)O)C1. The largest absolute Gasteiger partial charge is 0.480 e. The van der Waals surface area contributed by atoms with Crippen molar-refractivity contribution in [1.82, 2.24) is 15.1 Å². The fourth-order valence-electron chi connectivity index (χ4n) is 2.08. The highest BCUT2D eigenvalue weighted by Crippen LogP contribution is 2.08. The van der Waals surface area contributed by atoms with Gasteiger partial charge in [0.15, 0.2) is 0 Å². The highest BCUT2D eigenvalue weighted by Gasteiger charge is 2.24. The summed E-state index contributed by atoms with van der Waals surface area (Å²) in [5.74, 6) is -2.48. The Hall–Kier alpha value is -1.83. The molecule has 19 heavy (non-hydrogen) atoms. The normalized spacial score (nSPS) is 19.7. The summed E-state index contributed by atoms with van der Waals surface area (Å²) in [5, 5.41) is 20.0. The minimum atomic E-state index is -1.24. The van der Waals surface area contributed by atoms with E-state index >= 15 is 0 Å². The molecule has 1 heterocycles. The van der Waals surface area contributed by atoms with E-state index in [2.05, 4.69) is 10.2 Å². The molecule has 8 heteroatoms. The van der Waals surface area contributed by atoms with Crippen LogP contribution in [0, 0.1) is 0 Å². The van der Waals surface area contributed by atoms with Gasteiger partial charge < -0.3 is 25.3 Å². The van der Waals surface area contributed by atoms with Crippen LogP contribution in [0.1, 0.15) is 12.8 Å². The number of urea groups is 1. The van der Waals surface area contributed by atoms with Gasteiger partial charge >= 0.3 is 18.0 Å². The van der Waals surface area contributed by atoms with Gasteiger partial charge in [0.05, 0.1) is 0 Å². The van der Waals surface area contributed by atoms with Crippen LogP contribution in [-0.2, 0) is 9.59 Å². The molecule has 2 amide bonds.